The van der Waals surface area contributed by atoms with Gasteiger partial charge < -0.3 is 14.0 Å². The van der Waals surface area contributed by atoms with Gasteiger partial charge in [-0.2, -0.15) is 0 Å². The molecule has 0 N–H and O–H groups in total. The number of aromatic nitrogens is 5. The smallest absolute Gasteiger partial charge is 0.136 e. The molecule has 186 valence electrons. The molecule has 0 radical (unpaired) electrons. The van der Waals surface area contributed by atoms with Crippen LogP contribution in [0.1, 0.15) is 40.5 Å². The molecule has 0 bridgehead atoms. The highest BCUT2D eigenvalue weighted by Crippen LogP contribution is 2.24. The molecule has 4 aromatic heterocycles. The van der Waals surface area contributed by atoms with E-state index in [9.17, 15) is 0 Å². The van der Waals surface area contributed by atoms with Gasteiger partial charge in [0, 0.05) is 74.7 Å². The van der Waals surface area contributed by atoms with Gasteiger partial charge in [-0.3, -0.25) is 9.88 Å². The van der Waals surface area contributed by atoms with Crippen molar-refractivity contribution in [2.24, 2.45) is 0 Å². The van der Waals surface area contributed by atoms with E-state index in [0.717, 1.165) is 86.6 Å². The lowest BCUT2D eigenvalue weighted by molar-refractivity contribution is 0.0209. The second-order valence-electron chi connectivity index (χ2n) is 10.0. The van der Waals surface area contributed by atoms with E-state index in [1.54, 1.807) is 0 Å². The molecule has 0 spiro atoms. The van der Waals surface area contributed by atoms with Gasteiger partial charge in [-0.1, -0.05) is 0 Å². The maximum absolute atomic E-state index is 5.57. The molecule has 0 aliphatic carbocycles. The highest BCUT2D eigenvalue weighted by atomic mass is 16.5. The van der Waals surface area contributed by atoms with Crippen LogP contribution in [0.3, 0.4) is 0 Å². The van der Waals surface area contributed by atoms with Gasteiger partial charge in [-0.05, 0) is 55.7 Å². The molecule has 1 atom stereocenters. The Kier molecular flexibility index (Phi) is 6.37. The number of morpholine rings is 1. The second kappa shape index (κ2) is 9.95. The van der Waals surface area contributed by atoms with E-state index in [0.29, 0.717) is 12.5 Å². The van der Waals surface area contributed by atoms with Crippen LogP contribution in [0.2, 0.25) is 0 Å². The van der Waals surface area contributed by atoms with Gasteiger partial charge in [-0.15, -0.1) is 0 Å². The standard InChI is InChI=1S/C28H33N7O/c1-20-13-21(2)30-23(14-20)17-26-31-24(15-22-3-6-34-8-5-29-27(34)16-22)18-28(32-26)35-7-4-25(19-35)33-9-11-36-12-10-33/h3,5-6,8,13-14,16,18,25H,4,7,9-12,15,17,19H2,1-2H3. The minimum Gasteiger partial charge on any atom is -0.379 e. The molecular formula is C28H33N7O. The topological polar surface area (TPSA) is 71.7 Å². The highest BCUT2D eigenvalue weighted by Gasteiger charge is 2.30. The molecule has 1 unspecified atom stereocenters. The van der Waals surface area contributed by atoms with Crippen molar-refractivity contribution in [1.29, 1.82) is 0 Å². The highest BCUT2D eigenvalue weighted by molar-refractivity contribution is 5.45. The fourth-order valence-electron chi connectivity index (χ4n) is 5.51. The van der Waals surface area contributed by atoms with Crippen LogP contribution in [0.15, 0.2) is 48.9 Å². The maximum Gasteiger partial charge on any atom is 0.136 e. The molecule has 0 amide bonds. The van der Waals surface area contributed by atoms with Crippen LogP contribution in [0.25, 0.3) is 5.65 Å². The summed E-state index contributed by atoms with van der Waals surface area (Å²) in [6.07, 6.45) is 8.39. The maximum atomic E-state index is 5.57. The second-order valence-corrected chi connectivity index (χ2v) is 10.0. The number of ether oxygens (including phenoxy) is 1. The Balaban J connectivity index is 1.29. The van der Waals surface area contributed by atoms with Crippen molar-refractivity contribution in [3.05, 3.63) is 83.0 Å². The number of imidazole rings is 1. The van der Waals surface area contributed by atoms with E-state index in [4.69, 9.17) is 19.7 Å². The number of anilines is 1. The monoisotopic (exact) mass is 483 g/mol. The Morgan fingerprint density at radius 1 is 0.917 bits per heavy atom. The van der Waals surface area contributed by atoms with Gasteiger partial charge >= 0.3 is 0 Å². The van der Waals surface area contributed by atoms with Crippen LogP contribution in [-0.2, 0) is 17.6 Å². The largest absolute Gasteiger partial charge is 0.379 e. The van der Waals surface area contributed by atoms with E-state index in [-0.39, 0.29) is 0 Å². The average molecular weight is 484 g/mol. The lowest BCUT2D eigenvalue weighted by atomic mass is 10.1. The lowest BCUT2D eigenvalue weighted by Crippen LogP contribution is -2.44. The summed E-state index contributed by atoms with van der Waals surface area (Å²) >= 11 is 0. The predicted octanol–water partition coefficient (Wildman–Crippen LogP) is 3.23. The quantitative estimate of drug-likeness (QED) is 0.417. The summed E-state index contributed by atoms with van der Waals surface area (Å²) in [7, 11) is 0. The van der Waals surface area contributed by atoms with E-state index in [2.05, 4.69) is 58.2 Å². The van der Waals surface area contributed by atoms with E-state index in [1.165, 1.54) is 11.1 Å². The van der Waals surface area contributed by atoms with Crippen LogP contribution in [0.4, 0.5) is 5.82 Å². The SMILES string of the molecule is Cc1cc(C)nc(Cc2nc(Cc3ccn4ccnc4c3)cc(N3CCC(N4CCOCC4)C3)n2)c1. The number of pyridine rings is 2. The average Bonchev–Trinajstić information content (AvgIpc) is 3.54. The zero-order valence-corrected chi connectivity index (χ0v) is 21.1. The Morgan fingerprint density at radius 2 is 1.78 bits per heavy atom. The minimum atomic E-state index is 0.555. The molecule has 0 aromatic carbocycles. The third kappa shape index (κ3) is 5.10. The third-order valence-electron chi connectivity index (χ3n) is 7.20. The first-order valence-corrected chi connectivity index (χ1v) is 12.9. The van der Waals surface area contributed by atoms with Crippen molar-refractivity contribution in [1.82, 2.24) is 29.2 Å². The summed E-state index contributed by atoms with van der Waals surface area (Å²) < 4.78 is 7.60. The zero-order valence-electron chi connectivity index (χ0n) is 21.1. The summed E-state index contributed by atoms with van der Waals surface area (Å²) in [6, 6.07) is 11.3. The minimum absolute atomic E-state index is 0.555. The molecule has 4 aromatic rings. The first-order chi connectivity index (χ1) is 17.6. The van der Waals surface area contributed by atoms with E-state index in [1.807, 2.05) is 23.7 Å². The van der Waals surface area contributed by atoms with Gasteiger partial charge in [0.25, 0.3) is 0 Å². The molecule has 2 aliphatic rings. The van der Waals surface area contributed by atoms with Crippen molar-refractivity contribution in [2.45, 2.75) is 39.2 Å². The molecule has 36 heavy (non-hydrogen) atoms. The number of nitrogens with zero attached hydrogens (tertiary/aromatic N) is 7. The van der Waals surface area contributed by atoms with Crippen LogP contribution in [-0.4, -0.2) is 74.7 Å². The van der Waals surface area contributed by atoms with Gasteiger partial charge in [0.1, 0.15) is 17.3 Å². The van der Waals surface area contributed by atoms with Crippen molar-refractivity contribution < 1.29 is 4.74 Å². The lowest BCUT2D eigenvalue weighted by Gasteiger charge is -2.32. The summed E-state index contributed by atoms with van der Waals surface area (Å²) in [4.78, 5) is 24.2. The summed E-state index contributed by atoms with van der Waals surface area (Å²) in [5, 5.41) is 0. The van der Waals surface area contributed by atoms with Gasteiger partial charge in [0.15, 0.2) is 0 Å². The Hall–Kier alpha value is -3.36. The molecular weight excluding hydrogens is 450 g/mol. The van der Waals surface area contributed by atoms with Crippen LogP contribution in [0, 0.1) is 13.8 Å². The molecule has 0 saturated carbocycles. The number of hydrogen-bond donors (Lipinski definition) is 0. The molecule has 8 heteroatoms. The summed E-state index contributed by atoms with van der Waals surface area (Å²) in [5.74, 6) is 1.86. The first-order valence-electron chi connectivity index (χ1n) is 12.9. The number of aryl methyl sites for hydroxylation is 2. The normalized spacial score (nSPS) is 18.8. The molecule has 2 fully saturated rings. The number of fused-ring (bicyclic) bond motifs is 1. The van der Waals surface area contributed by atoms with Crippen molar-refractivity contribution in [3.8, 4) is 0 Å². The number of hydrogen-bond acceptors (Lipinski definition) is 7. The predicted molar refractivity (Wildman–Crippen MR) is 140 cm³/mol. The van der Waals surface area contributed by atoms with Gasteiger partial charge in [0.05, 0.1) is 25.3 Å². The number of rotatable bonds is 6. The van der Waals surface area contributed by atoms with E-state index >= 15 is 0 Å². The summed E-state index contributed by atoms with van der Waals surface area (Å²) in [5.41, 5.74) is 6.44. The first kappa shape index (κ1) is 23.1. The van der Waals surface area contributed by atoms with Crippen LogP contribution >= 0.6 is 0 Å². The molecule has 2 aliphatic heterocycles. The Bertz CT molecular complexity index is 1340. The fraction of sp³-hybridized carbons (Fsp3) is 0.429. The van der Waals surface area contributed by atoms with E-state index < -0.39 is 0 Å². The van der Waals surface area contributed by atoms with Crippen LogP contribution in [0.5, 0.6) is 0 Å². The molecule has 6 rings (SSSR count). The van der Waals surface area contributed by atoms with Crippen molar-refractivity contribution in [3.63, 3.8) is 0 Å². The summed E-state index contributed by atoms with van der Waals surface area (Å²) in [6.45, 7) is 9.88. The van der Waals surface area contributed by atoms with Crippen molar-refractivity contribution in [2.75, 3.05) is 44.3 Å². The molecule has 6 heterocycles. The zero-order chi connectivity index (χ0) is 24.5. The fourth-order valence-corrected chi connectivity index (χ4v) is 5.51. The van der Waals surface area contributed by atoms with Gasteiger partial charge in [0.2, 0.25) is 0 Å². The molecule has 8 nitrogen and oxygen atoms in total. The Labute approximate surface area is 212 Å². The Morgan fingerprint density at radius 3 is 2.64 bits per heavy atom. The van der Waals surface area contributed by atoms with Gasteiger partial charge in [-0.25, -0.2) is 15.0 Å². The molecule has 2 saturated heterocycles. The van der Waals surface area contributed by atoms with Crippen molar-refractivity contribution >= 4 is 11.5 Å². The van der Waals surface area contributed by atoms with Crippen LogP contribution < -0.4 is 4.90 Å². The third-order valence-corrected chi connectivity index (χ3v) is 7.20.